The summed E-state index contributed by atoms with van der Waals surface area (Å²) in [5.74, 6) is -1.33. The lowest BCUT2D eigenvalue weighted by atomic mass is 10.1. The second-order valence-electron chi connectivity index (χ2n) is 7.37. The summed E-state index contributed by atoms with van der Waals surface area (Å²) < 4.78 is 14.0. The number of carbonyl (C=O) groups is 2. The third kappa shape index (κ3) is 6.04. The number of benzene rings is 4. The van der Waals surface area contributed by atoms with Crippen LogP contribution in [0.25, 0.3) is 0 Å². The highest BCUT2D eigenvalue weighted by Gasteiger charge is 2.22. The van der Waals surface area contributed by atoms with Crippen molar-refractivity contribution in [3.05, 3.63) is 125 Å². The van der Waals surface area contributed by atoms with Crippen molar-refractivity contribution in [2.45, 2.75) is 10.1 Å². The van der Waals surface area contributed by atoms with Gasteiger partial charge in [0.15, 0.2) is 0 Å². The first-order valence-corrected chi connectivity index (χ1v) is 11.7. The van der Waals surface area contributed by atoms with E-state index in [2.05, 4.69) is 10.6 Å². The molecule has 170 valence electrons. The molecule has 0 heterocycles. The topological polar surface area (TPSA) is 58.2 Å². The molecule has 0 saturated carbocycles. The van der Waals surface area contributed by atoms with E-state index < -0.39 is 17.0 Å². The van der Waals surface area contributed by atoms with E-state index in [1.165, 1.54) is 30.0 Å². The van der Waals surface area contributed by atoms with Crippen LogP contribution < -0.4 is 10.6 Å². The van der Waals surface area contributed by atoms with Gasteiger partial charge in [-0.05, 0) is 60.2 Å². The lowest BCUT2D eigenvalue weighted by molar-refractivity contribution is -0.115. The van der Waals surface area contributed by atoms with Crippen molar-refractivity contribution >= 4 is 46.6 Å². The third-order valence-electron chi connectivity index (χ3n) is 4.92. The molecule has 4 aromatic rings. The van der Waals surface area contributed by atoms with Crippen molar-refractivity contribution in [2.75, 3.05) is 10.6 Å². The van der Waals surface area contributed by atoms with Crippen molar-refractivity contribution in [1.29, 1.82) is 0 Å². The van der Waals surface area contributed by atoms with Crippen LogP contribution in [0.4, 0.5) is 15.8 Å². The summed E-state index contributed by atoms with van der Waals surface area (Å²) in [5, 5.41) is 5.69. The van der Waals surface area contributed by atoms with Crippen LogP contribution in [0.2, 0.25) is 5.02 Å². The summed E-state index contributed by atoms with van der Waals surface area (Å²) in [6.45, 7) is 0. The Morgan fingerprint density at radius 3 is 2.21 bits per heavy atom. The zero-order chi connectivity index (χ0) is 23.9. The molecule has 2 amide bonds. The molecule has 1 atom stereocenters. The molecule has 0 spiro atoms. The fourth-order valence-electron chi connectivity index (χ4n) is 3.27. The van der Waals surface area contributed by atoms with Gasteiger partial charge in [-0.3, -0.25) is 9.59 Å². The Morgan fingerprint density at radius 2 is 1.47 bits per heavy atom. The molecule has 0 aliphatic rings. The highest BCUT2D eigenvalue weighted by Crippen LogP contribution is 2.37. The van der Waals surface area contributed by atoms with Gasteiger partial charge >= 0.3 is 0 Å². The standard InChI is InChI=1S/C27H20ClFN2O2S/c28-19-13-15-20(16-14-19)30-27(33)25(18-7-2-1-3-8-18)34-22-10-6-9-21(17-22)31-26(32)23-11-4-5-12-24(23)29/h1-17,25H,(H,30,33)(H,31,32). The lowest BCUT2D eigenvalue weighted by Crippen LogP contribution is -2.19. The Labute approximate surface area is 206 Å². The molecule has 34 heavy (non-hydrogen) atoms. The fraction of sp³-hybridized carbons (Fsp3) is 0.0370. The first-order chi connectivity index (χ1) is 16.5. The number of rotatable bonds is 7. The lowest BCUT2D eigenvalue weighted by Gasteiger charge is -2.18. The minimum Gasteiger partial charge on any atom is -0.325 e. The molecule has 0 aliphatic heterocycles. The predicted octanol–water partition coefficient (Wildman–Crippen LogP) is 7.20. The summed E-state index contributed by atoms with van der Waals surface area (Å²) in [5.41, 5.74) is 1.94. The van der Waals surface area contributed by atoms with Gasteiger partial charge in [0.05, 0.1) is 5.56 Å². The smallest absolute Gasteiger partial charge is 0.258 e. The maximum Gasteiger partial charge on any atom is 0.258 e. The van der Waals surface area contributed by atoms with E-state index in [1.807, 2.05) is 36.4 Å². The molecular formula is C27H20ClFN2O2S. The molecule has 4 aromatic carbocycles. The maximum atomic E-state index is 14.0. The molecule has 0 saturated heterocycles. The van der Waals surface area contributed by atoms with Gasteiger partial charge < -0.3 is 10.6 Å². The largest absolute Gasteiger partial charge is 0.325 e. The molecule has 7 heteroatoms. The zero-order valence-electron chi connectivity index (χ0n) is 17.9. The molecule has 1 unspecified atom stereocenters. The number of carbonyl (C=O) groups excluding carboxylic acids is 2. The molecule has 2 N–H and O–H groups in total. The molecule has 0 aromatic heterocycles. The molecule has 4 nitrogen and oxygen atoms in total. The molecule has 0 radical (unpaired) electrons. The minimum absolute atomic E-state index is 0.0370. The molecule has 0 aliphatic carbocycles. The first kappa shape index (κ1) is 23.5. The van der Waals surface area contributed by atoms with E-state index in [-0.39, 0.29) is 11.5 Å². The molecule has 4 rings (SSSR count). The molecule has 0 fully saturated rings. The van der Waals surface area contributed by atoms with Crippen molar-refractivity contribution in [2.24, 2.45) is 0 Å². The van der Waals surface area contributed by atoms with Crippen LogP contribution in [0.1, 0.15) is 21.2 Å². The van der Waals surface area contributed by atoms with Crippen LogP contribution in [0.15, 0.2) is 108 Å². The van der Waals surface area contributed by atoms with Gasteiger partial charge in [-0.2, -0.15) is 0 Å². The van der Waals surface area contributed by atoms with Gasteiger partial charge in [0, 0.05) is 21.3 Å². The monoisotopic (exact) mass is 490 g/mol. The number of anilines is 2. The van der Waals surface area contributed by atoms with Gasteiger partial charge in [-0.15, -0.1) is 11.8 Å². The molecule has 0 bridgehead atoms. The molecular weight excluding hydrogens is 471 g/mol. The quantitative estimate of drug-likeness (QED) is 0.269. The number of halogens is 2. The highest BCUT2D eigenvalue weighted by atomic mass is 35.5. The van der Waals surface area contributed by atoms with Crippen LogP contribution in [0.3, 0.4) is 0 Å². The second kappa shape index (κ2) is 11.0. The fourth-order valence-corrected chi connectivity index (χ4v) is 4.48. The van der Waals surface area contributed by atoms with Crippen LogP contribution in [-0.4, -0.2) is 11.8 Å². The van der Waals surface area contributed by atoms with Crippen LogP contribution in [-0.2, 0) is 4.79 Å². The van der Waals surface area contributed by atoms with Crippen LogP contribution in [0, 0.1) is 5.82 Å². The summed E-state index contributed by atoms with van der Waals surface area (Å²) in [4.78, 5) is 26.5. The summed E-state index contributed by atoms with van der Waals surface area (Å²) >= 11 is 7.29. The van der Waals surface area contributed by atoms with Gasteiger partial charge in [-0.25, -0.2) is 4.39 Å². The number of thioether (sulfide) groups is 1. The maximum absolute atomic E-state index is 14.0. The number of amides is 2. The van der Waals surface area contributed by atoms with Crippen molar-refractivity contribution in [3.63, 3.8) is 0 Å². The summed E-state index contributed by atoms with van der Waals surface area (Å²) in [6.07, 6.45) is 0. The Bertz CT molecular complexity index is 1300. The SMILES string of the molecule is O=C(Nc1cccc(SC(C(=O)Nc2ccc(Cl)cc2)c2ccccc2)c1)c1ccccc1F. The number of hydrogen-bond donors (Lipinski definition) is 2. The average Bonchev–Trinajstić information content (AvgIpc) is 2.85. The second-order valence-corrected chi connectivity index (χ2v) is 8.98. The van der Waals surface area contributed by atoms with E-state index >= 15 is 0 Å². The number of nitrogens with one attached hydrogen (secondary N) is 2. The van der Waals surface area contributed by atoms with Gasteiger partial charge in [-0.1, -0.05) is 60.1 Å². The minimum atomic E-state index is -0.589. The first-order valence-electron chi connectivity index (χ1n) is 10.4. The number of hydrogen-bond acceptors (Lipinski definition) is 3. The van der Waals surface area contributed by atoms with Crippen molar-refractivity contribution < 1.29 is 14.0 Å². The Hall–Kier alpha value is -3.61. The predicted molar refractivity (Wildman–Crippen MR) is 136 cm³/mol. The van der Waals surface area contributed by atoms with E-state index in [0.29, 0.717) is 16.4 Å². The van der Waals surface area contributed by atoms with Gasteiger partial charge in [0.1, 0.15) is 11.1 Å². The van der Waals surface area contributed by atoms with E-state index in [9.17, 15) is 14.0 Å². The average molecular weight is 491 g/mol. The van der Waals surface area contributed by atoms with Gasteiger partial charge in [0.2, 0.25) is 5.91 Å². The zero-order valence-corrected chi connectivity index (χ0v) is 19.4. The van der Waals surface area contributed by atoms with Gasteiger partial charge in [0.25, 0.3) is 5.91 Å². The normalized spacial score (nSPS) is 11.5. The van der Waals surface area contributed by atoms with E-state index in [0.717, 1.165) is 10.5 Å². The summed E-state index contributed by atoms with van der Waals surface area (Å²) in [7, 11) is 0. The van der Waals surface area contributed by atoms with Crippen molar-refractivity contribution in [1.82, 2.24) is 0 Å². The Balaban J connectivity index is 1.54. The Kier molecular flexibility index (Phi) is 7.62. The van der Waals surface area contributed by atoms with Crippen LogP contribution in [0.5, 0.6) is 0 Å². The highest BCUT2D eigenvalue weighted by molar-refractivity contribution is 8.00. The third-order valence-corrected chi connectivity index (χ3v) is 6.42. The van der Waals surface area contributed by atoms with Crippen LogP contribution >= 0.6 is 23.4 Å². The summed E-state index contributed by atoms with van der Waals surface area (Å²) in [6, 6.07) is 29.2. The van der Waals surface area contributed by atoms with E-state index in [1.54, 1.807) is 48.5 Å². The van der Waals surface area contributed by atoms with E-state index in [4.69, 9.17) is 11.6 Å². The Morgan fingerprint density at radius 1 is 0.765 bits per heavy atom. The van der Waals surface area contributed by atoms with Crippen molar-refractivity contribution in [3.8, 4) is 0 Å².